The van der Waals surface area contributed by atoms with Gasteiger partial charge in [-0.2, -0.15) is 5.10 Å². The van der Waals surface area contributed by atoms with E-state index >= 15 is 0 Å². The number of hydrogen-bond donors (Lipinski definition) is 2. The van der Waals surface area contributed by atoms with Crippen molar-refractivity contribution in [2.75, 3.05) is 26.1 Å². The Morgan fingerprint density at radius 2 is 1.91 bits per heavy atom. The summed E-state index contributed by atoms with van der Waals surface area (Å²) >= 11 is 0. The standard InChI is InChI=1S/C23H23FN6O3/c1-32-19-5-3-4-17(20(19)33-2)23(31)25-10-11-30-22-18(13-29-30)21(27-14-28-22)26-12-15-6-8-16(24)9-7-15/h3-9,13-14H,10-12H2,1-2H3,(H,25,31)(H,26,27,28). The van der Waals surface area contributed by atoms with Crippen LogP contribution < -0.4 is 20.1 Å². The normalized spacial score (nSPS) is 10.8. The van der Waals surface area contributed by atoms with Crippen molar-refractivity contribution >= 4 is 22.8 Å². The minimum Gasteiger partial charge on any atom is -0.493 e. The summed E-state index contributed by atoms with van der Waals surface area (Å²) < 4.78 is 25.4. The number of para-hydroxylation sites is 1. The number of nitrogens with one attached hydrogen (secondary N) is 2. The summed E-state index contributed by atoms with van der Waals surface area (Å²) in [6.45, 7) is 1.23. The molecular formula is C23H23FN6O3. The van der Waals surface area contributed by atoms with Gasteiger partial charge >= 0.3 is 0 Å². The molecular weight excluding hydrogens is 427 g/mol. The van der Waals surface area contributed by atoms with E-state index in [0.717, 1.165) is 10.9 Å². The van der Waals surface area contributed by atoms with Gasteiger partial charge in [0.2, 0.25) is 0 Å². The monoisotopic (exact) mass is 450 g/mol. The predicted octanol–water partition coefficient (Wildman–Crippen LogP) is 3.02. The first-order valence-electron chi connectivity index (χ1n) is 10.2. The van der Waals surface area contributed by atoms with Gasteiger partial charge in [0, 0.05) is 13.1 Å². The van der Waals surface area contributed by atoms with Crippen LogP contribution in [0.2, 0.25) is 0 Å². The van der Waals surface area contributed by atoms with Crippen molar-refractivity contribution in [3.8, 4) is 11.5 Å². The number of fused-ring (bicyclic) bond motifs is 1. The van der Waals surface area contributed by atoms with E-state index in [1.807, 2.05) is 0 Å². The van der Waals surface area contributed by atoms with Crippen molar-refractivity contribution in [3.63, 3.8) is 0 Å². The molecule has 0 fully saturated rings. The van der Waals surface area contributed by atoms with Crippen LogP contribution in [-0.4, -0.2) is 46.4 Å². The van der Waals surface area contributed by atoms with Crippen molar-refractivity contribution in [1.29, 1.82) is 0 Å². The smallest absolute Gasteiger partial charge is 0.255 e. The molecule has 0 aliphatic carbocycles. The molecule has 0 unspecified atom stereocenters. The Labute approximate surface area is 189 Å². The van der Waals surface area contributed by atoms with Crippen LogP contribution in [0.4, 0.5) is 10.2 Å². The molecule has 0 atom stereocenters. The largest absolute Gasteiger partial charge is 0.493 e. The number of aromatic nitrogens is 4. The molecule has 0 spiro atoms. The number of halogens is 1. The van der Waals surface area contributed by atoms with Gasteiger partial charge in [0.05, 0.1) is 37.9 Å². The number of benzene rings is 2. The first kappa shape index (κ1) is 22.0. The fourth-order valence-electron chi connectivity index (χ4n) is 3.42. The Bertz CT molecular complexity index is 1260. The molecule has 9 nitrogen and oxygen atoms in total. The van der Waals surface area contributed by atoms with Crippen LogP contribution in [-0.2, 0) is 13.1 Å². The highest BCUT2D eigenvalue weighted by Gasteiger charge is 2.16. The van der Waals surface area contributed by atoms with E-state index in [-0.39, 0.29) is 11.7 Å². The van der Waals surface area contributed by atoms with Gasteiger partial charge in [0.25, 0.3) is 5.91 Å². The molecule has 2 aromatic heterocycles. The number of carbonyl (C=O) groups excluding carboxylic acids is 1. The number of rotatable bonds is 9. The van der Waals surface area contributed by atoms with Gasteiger partial charge in [0.1, 0.15) is 18.0 Å². The predicted molar refractivity (Wildman–Crippen MR) is 121 cm³/mol. The van der Waals surface area contributed by atoms with Crippen LogP contribution in [0.25, 0.3) is 11.0 Å². The summed E-state index contributed by atoms with van der Waals surface area (Å²) in [7, 11) is 3.01. The quantitative estimate of drug-likeness (QED) is 0.404. The lowest BCUT2D eigenvalue weighted by Crippen LogP contribution is -2.28. The third kappa shape index (κ3) is 4.84. The number of hydrogen-bond acceptors (Lipinski definition) is 7. The van der Waals surface area contributed by atoms with Crippen molar-refractivity contribution in [1.82, 2.24) is 25.1 Å². The van der Waals surface area contributed by atoms with E-state index in [1.165, 1.54) is 32.7 Å². The zero-order valence-corrected chi connectivity index (χ0v) is 18.2. The summed E-state index contributed by atoms with van der Waals surface area (Å²) in [4.78, 5) is 21.3. The number of ether oxygens (including phenoxy) is 2. The zero-order chi connectivity index (χ0) is 23.2. The number of carbonyl (C=O) groups is 1. The Hall–Kier alpha value is -4.21. The van der Waals surface area contributed by atoms with Crippen LogP contribution in [0.1, 0.15) is 15.9 Å². The second-order valence-electron chi connectivity index (χ2n) is 7.10. The van der Waals surface area contributed by atoms with Gasteiger partial charge in [-0.15, -0.1) is 0 Å². The van der Waals surface area contributed by atoms with E-state index in [9.17, 15) is 9.18 Å². The molecule has 0 radical (unpaired) electrons. The third-order valence-corrected chi connectivity index (χ3v) is 5.06. The van der Waals surface area contributed by atoms with Crippen LogP contribution in [0, 0.1) is 5.82 Å². The van der Waals surface area contributed by atoms with E-state index in [2.05, 4.69) is 25.7 Å². The molecule has 0 aliphatic heterocycles. The molecule has 0 saturated heterocycles. The number of anilines is 1. The Morgan fingerprint density at radius 1 is 1.09 bits per heavy atom. The van der Waals surface area contributed by atoms with Gasteiger partial charge < -0.3 is 20.1 Å². The highest BCUT2D eigenvalue weighted by molar-refractivity contribution is 5.97. The Morgan fingerprint density at radius 3 is 2.67 bits per heavy atom. The van der Waals surface area contributed by atoms with Gasteiger partial charge in [-0.1, -0.05) is 18.2 Å². The van der Waals surface area contributed by atoms with Gasteiger partial charge in [-0.3, -0.25) is 4.79 Å². The number of methoxy groups -OCH3 is 2. The lowest BCUT2D eigenvalue weighted by molar-refractivity contribution is 0.0948. The molecule has 2 heterocycles. The van der Waals surface area contributed by atoms with Crippen molar-refractivity contribution in [2.24, 2.45) is 0 Å². The van der Waals surface area contributed by atoms with Crippen LogP contribution in [0.3, 0.4) is 0 Å². The topological polar surface area (TPSA) is 103 Å². The van der Waals surface area contributed by atoms with Crippen molar-refractivity contribution in [2.45, 2.75) is 13.1 Å². The second kappa shape index (κ2) is 9.94. The maximum Gasteiger partial charge on any atom is 0.255 e. The molecule has 1 amide bonds. The average molecular weight is 450 g/mol. The summed E-state index contributed by atoms with van der Waals surface area (Å²) in [6.07, 6.45) is 3.13. The molecule has 33 heavy (non-hydrogen) atoms. The first-order chi connectivity index (χ1) is 16.1. The molecule has 4 aromatic rings. The molecule has 4 rings (SSSR count). The minimum absolute atomic E-state index is 0.276. The van der Waals surface area contributed by atoms with Gasteiger partial charge in [-0.05, 0) is 29.8 Å². The lowest BCUT2D eigenvalue weighted by Gasteiger charge is -2.12. The Kier molecular flexibility index (Phi) is 6.63. The summed E-state index contributed by atoms with van der Waals surface area (Å²) in [5, 5.41) is 11.2. The summed E-state index contributed by atoms with van der Waals surface area (Å²) in [5.41, 5.74) is 1.95. The summed E-state index contributed by atoms with van der Waals surface area (Å²) in [6, 6.07) is 11.4. The molecule has 2 N–H and O–H groups in total. The maximum atomic E-state index is 13.1. The number of amides is 1. The zero-order valence-electron chi connectivity index (χ0n) is 18.2. The van der Waals surface area contributed by atoms with Crippen LogP contribution in [0.5, 0.6) is 11.5 Å². The lowest BCUT2D eigenvalue weighted by atomic mass is 10.1. The third-order valence-electron chi connectivity index (χ3n) is 5.06. The van der Waals surface area contributed by atoms with E-state index in [0.29, 0.717) is 48.2 Å². The molecule has 0 bridgehead atoms. The van der Waals surface area contributed by atoms with Crippen LogP contribution in [0.15, 0.2) is 55.0 Å². The summed E-state index contributed by atoms with van der Waals surface area (Å²) in [5.74, 6) is 0.938. The minimum atomic E-state index is -0.279. The average Bonchev–Trinajstić information content (AvgIpc) is 3.26. The fraction of sp³-hybridized carbons (Fsp3) is 0.217. The molecule has 170 valence electrons. The van der Waals surface area contributed by atoms with Crippen molar-refractivity contribution in [3.05, 3.63) is 71.9 Å². The SMILES string of the molecule is COc1cccc(C(=O)NCCn2ncc3c(NCc4ccc(F)cc4)ncnc32)c1OC. The molecule has 0 aliphatic rings. The van der Waals surface area contributed by atoms with E-state index < -0.39 is 0 Å². The van der Waals surface area contributed by atoms with E-state index in [4.69, 9.17) is 9.47 Å². The number of nitrogens with zero attached hydrogens (tertiary/aromatic N) is 4. The molecule has 2 aromatic carbocycles. The Balaban J connectivity index is 1.41. The van der Waals surface area contributed by atoms with E-state index in [1.54, 1.807) is 41.2 Å². The maximum absolute atomic E-state index is 13.1. The second-order valence-corrected chi connectivity index (χ2v) is 7.10. The van der Waals surface area contributed by atoms with Gasteiger partial charge in [-0.25, -0.2) is 19.0 Å². The fourth-order valence-corrected chi connectivity index (χ4v) is 3.42. The first-order valence-corrected chi connectivity index (χ1v) is 10.2. The highest BCUT2D eigenvalue weighted by atomic mass is 19.1. The molecule has 0 saturated carbocycles. The van der Waals surface area contributed by atoms with Crippen molar-refractivity contribution < 1.29 is 18.7 Å². The highest BCUT2D eigenvalue weighted by Crippen LogP contribution is 2.30. The molecule has 10 heteroatoms. The van der Waals surface area contributed by atoms with Gasteiger partial charge in [0.15, 0.2) is 17.1 Å². The van der Waals surface area contributed by atoms with Crippen LogP contribution >= 0.6 is 0 Å².